The largest absolute Gasteiger partial charge is 0.340 e. The molecule has 0 aromatic heterocycles. The molecule has 2 aliphatic heterocycles. The van der Waals surface area contributed by atoms with E-state index in [0.717, 1.165) is 31.4 Å². The molecule has 1 amide bonds. The van der Waals surface area contributed by atoms with Crippen LogP contribution >= 0.6 is 0 Å². The molecule has 3 rings (SSSR count). The quantitative estimate of drug-likeness (QED) is 0.814. The molecule has 2 saturated heterocycles. The molecule has 0 saturated carbocycles. The maximum atomic E-state index is 12.5. The molecule has 2 heterocycles. The highest BCUT2D eigenvalue weighted by Gasteiger charge is 2.31. The van der Waals surface area contributed by atoms with Gasteiger partial charge in [0, 0.05) is 32.1 Å². The molecule has 2 aliphatic rings. The van der Waals surface area contributed by atoms with E-state index in [1.54, 1.807) is 16.4 Å². The van der Waals surface area contributed by atoms with Crippen molar-refractivity contribution in [3.05, 3.63) is 29.8 Å². The van der Waals surface area contributed by atoms with Gasteiger partial charge in [0.15, 0.2) is 0 Å². The molecule has 7 heteroatoms. The van der Waals surface area contributed by atoms with Gasteiger partial charge in [-0.25, -0.2) is 8.42 Å². The van der Waals surface area contributed by atoms with Crippen molar-refractivity contribution < 1.29 is 13.2 Å². The van der Waals surface area contributed by atoms with Gasteiger partial charge in [-0.15, -0.1) is 0 Å². The van der Waals surface area contributed by atoms with Gasteiger partial charge in [-0.05, 0) is 62.8 Å². The van der Waals surface area contributed by atoms with Crippen LogP contribution in [0, 0.1) is 5.92 Å². The minimum Gasteiger partial charge on any atom is -0.340 e. The average Bonchev–Trinajstić information content (AvgIpc) is 3.30. The first-order valence-corrected chi connectivity index (χ1v) is 10.9. The highest BCUT2D eigenvalue weighted by molar-refractivity contribution is 7.89. The van der Waals surface area contributed by atoms with E-state index in [0.29, 0.717) is 43.3 Å². The second kappa shape index (κ2) is 8.06. The number of likely N-dealkylation sites (tertiary alicyclic amines) is 1. The third-order valence-electron chi connectivity index (χ3n) is 5.57. The summed E-state index contributed by atoms with van der Waals surface area (Å²) in [5, 5.41) is 0. The Labute approximate surface area is 156 Å². The van der Waals surface area contributed by atoms with E-state index in [-0.39, 0.29) is 11.9 Å². The third-order valence-corrected chi connectivity index (χ3v) is 7.48. The Morgan fingerprint density at radius 1 is 1.19 bits per heavy atom. The van der Waals surface area contributed by atoms with Crippen LogP contribution in [0.4, 0.5) is 0 Å². The lowest BCUT2D eigenvalue weighted by molar-refractivity contribution is -0.131. The third kappa shape index (κ3) is 4.10. The second-order valence-corrected chi connectivity index (χ2v) is 9.43. The molecule has 2 unspecified atom stereocenters. The number of sulfonamides is 1. The second-order valence-electron chi connectivity index (χ2n) is 7.49. The molecule has 0 bridgehead atoms. The van der Waals surface area contributed by atoms with Crippen LogP contribution < -0.4 is 5.73 Å². The number of carbonyl (C=O) groups excluding carboxylic acids is 1. The smallest absolute Gasteiger partial charge is 0.243 e. The Balaban J connectivity index is 1.57. The number of benzene rings is 1. The SMILES string of the molecule is CC1CC(CN)CN1C(=O)CCc1ccc(S(=O)(=O)N2CCCC2)cc1. The number of aryl methyl sites for hydroxylation is 1. The summed E-state index contributed by atoms with van der Waals surface area (Å²) in [5.41, 5.74) is 6.71. The molecule has 2 atom stereocenters. The van der Waals surface area contributed by atoms with Crippen molar-refractivity contribution in [3.8, 4) is 0 Å². The maximum absolute atomic E-state index is 12.5. The van der Waals surface area contributed by atoms with E-state index in [9.17, 15) is 13.2 Å². The minimum absolute atomic E-state index is 0.155. The van der Waals surface area contributed by atoms with E-state index in [4.69, 9.17) is 5.73 Å². The van der Waals surface area contributed by atoms with E-state index in [2.05, 4.69) is 6.92 Å². The molecular formula is C19H29N3O3S. The Morgan fingerprint density at radius 2 is 1.85 bits per heavy atom. The summed E-state index contributed by atoms with van der Waals surface area (Å²) in [4.78, 5) is 14.7. The van der Waals surface area contributed by atoms with Gasteiger partial charge in [-0.3, -0.25) is 4.79 Å². The predicted molar refractivity (Wildman–Crippen MR) is 101 cm³/mol. The van der Waals surface area contributed by atoms with E-state index in [1.807, 2.05) is 17.0 Å². The first kappa shape index (κ1) is 19.3. The summed E-state index contributed by atoms with van der Waals surface area (Å²) in [5.74, 6) is 0.561. The number of carbonyl (C=O) groups is 1. The van der Waals surface area contributed by atoms with Gasteiger partial charge in [0.05, 0.1) is 4.90 Å². The fourth-order valence-electron chi connectivity index (χ4n) is 3.96. The van der Waals surface area contributed by atoms with Crippen LogP contribution in [-0.2, 0) is 21.2 Å². The van der Waals surface area contributed by atoms with E-state index >= 15 is 0 Å². The van der Waals surface area contributed by atoms with Crippen LogP contribution in [0.1, 0.15) is 38.2 Å². The molecule has 2 fully saturated rings. The molecule has 144 valence electrons. The molecule has 2 N–H and O–H groups in total. The Bertz CT molecular complexity index is 727. The van der Waals surface area contributed by atoms with Gasteiger partial charge in [0.25, 0.3) is 0 Å². The number of rotatable bonds is 6. The number of hydrogen-bond donors (Lipinski definition) is 1. The zero-order valence-corrected chi connectivity index (χ0v) is 16.2. The summed E-state index contributed by atoms with van der Waals surface area (Å²) in [6.07, 6.45) is 3.91. The number of nitrogens with zero attached hydrogens (tertiary/aromatic N) is 2. The molecule has 6 nitrogen and oxygen atoms in total. The van der Waals surface area contributed by atoms with Gasteiger partial charge < -0.3 is 10.6 Å². The molecule has 1 aromatic carbocycles. The molecule has 0 aliphatic carbocycles. The van der Waals surface area contributed by atoms with Crippen molar-refractivity contribution in [2.45, 2.75) is 50.0 Å². The van der Waals surface area contributed by atoms with Gasteiger partial charge >= 0.3 is 0 Å². The first-order valence-electron chi connectivity index (χ1n) is 9.50. The van der Waals surface area contributed by atoms with Crippen LogP contribution in [-0.4, -0.2) is 55.8 Å². The van der Waals surface area contributed by atoms with Crippen molar-refractivity contribution in [3.63, 3.8) is 0 Å². The monoisotopic (exact) mass is 379 g/mol. The summed E-state index contributed by atoms with van der Waals surface area (Å²) >= 11 is 0. The van der Waals surface area contributed by atoms with Crippen LogP contribution in [0.25, 0.3) is 0 Å². The summed E-state index contributed by atoms with van der Waals surface area (Å²) < 4.78 is 26.6. The van der Waals surface area contributed by atoms with Gasteiger partial charge in [0.2, 0.25) is 15.9 Å². The maximum Gasteiger partial charge on any atom is 0.243 e. The van der Waals surface area contributed by atoms with E-state index in [1.165, 1.54) is 0 Å². The van der Waals surface area contributed by atoms with Crippen molar-refractivity contribution in [1.29, 1.82) is 0 Å². The number of hydrogen-bond acceptors (Lipinski definition) is 4. The average molecular weight is 380 g/mol. The summed E-state index contributed by atoms with van der Waals surface area (Å²) in [7, 11) is -3.37. The highest BCUT2D eigenvalue weighted by atomic mass is 32.2. The standard InChI is InChI=1S/C19H29N3O3S/c1-15-12-17(13-20)14-22(15)19(23)9-6-16-4-7-18(8-5-16)26(24,25)21-10-2-3-11-21/h4-5,7-8,15,17H,2-3,6,9-14,20H2,1H3. The molecule has 1 aromatic rings. The van der Waals surface area contributed by atoms with Crippen molar-refractivity contribution in [2.24, 2.45) is 11.7 Å². The minimum atomic E-state index is -3.37. The topological polar surface area (TPSA) is 83.7 Å². The molecule has 0 radical (unpaired) electrons. The molecular weight excluding hydrogens is 350 g/mol. The van der Waals surface area contributed by atoms with Crippen LogP contribution in [0.5, 0.6) is 0 Å². The fraction of sp³-hybridized carbons (Fsp3) is 0.632. The predicted octanol–water partition coefficient (Wildman–Crippen LogP) is 1.60. The normalized spacial score (nSPS) is 24.3. The van der Waals surface area contributed by atoms with E-state index < -0.39 is 10.0 Å². The fourth-order valence-corrected chi connectivity index (χ4v) is 5.48. The molecule has 0 spiro atoms. The zero-order valence-electron chi connectivity index (χ0n) is 15.4. The lowest BCUT2D eigenvalue weighted by atomic mass is 10.1. The van der Waals surface area contributed by atoms with Gasteiger partial charge in [-0.1, -0.05) is 12.1 Å². The van der Waals surface area contributed by atoms with Gasteiger partial charge in [0.1, 0.15) is 0 Å². The van der Waals surface area contributed by atoms with Crippen LogP contribution in [0.2, 0.25) is 0 Å². The number of amides is 1. The Morgan fingerprint density at radius 3 is 2.42 bits per heavy atom. The summed E-state index contributed by atoms with van der Waals surface area (Å²) in [6.45, 7) is 4.67. The van der Waals surface area contributed by atoms with Gasteiger partial charge in [-0.2, -0.15) is 4.31 Å². The highest BCUT2D eigenvalue weighted by Crippen LogP contribution is 2.24. The van der Waals surface area contributed by atoms with Crippen molar-refractivity contribution in [1.82, 2.24) is 9.21 Å². The van der Waals surface area contributed by atoms with Crippen molar-refractivity contribution >= 4 is 15.9 Å². The zero-order chi connectivity index (χ0) is 18.7. The Hall–Kier alpha value is -1.44. The Kier molecular flexibility index (Phi) is 5.99. The lowest BCUT2D eigenvalue weighted by Gasteiger charge is -2.21. The molecule has 26 heavy (non-hydrogen) atoms. The first-order chi connectivity index (χ1) is 12.4. The number of nitrogens with two attached hydrogens (primary N) is 1. The lowest BCUT2D eigenvalue weighted by Crippen LogP contribution is -2.34. The summed E-state index contributed by atoms with van der Waals surface area (Å²) in [6, 6.07) is 7.23. The van der Waals surface area contributed by atoms with Crippen LogP contribution in [0.15, 0.2) is 29.2 Å². The van der Waals surface area contributed by atoms with Crippen molar-refractivity contribution in [2.75, 3.05) is 26.2 Å². The van der Waals surface area contributed by atoms with Crippen LogP contribution in [0.3, 0.4) is 0 Å².